The highest BCUT2D eigenvalue weighted by Gasteiger charge is 2.16. The molecule has 0 fully saturated rings. The number of aromatic nitrogens is 3. The second-order valence-electron chi connectivity index (χ2n) is 7.40. The van der Waals surface area contributed by atoms with E-state index >= 15 is 0 Å². The minimum absolute atomic E-state index is 0.166. The first-order valence-electron chi connectivity index (χ1n) is 10.3. The Morgan fingerprint density at radius 1 is 1.06 bits per heavy atom. The van der Waals surface area contributed by atoms with Crippen molar-refractivity contribution < 1.29 is 9.53 Å². The molecule has 0 radical (unpaired) electrons. The van der Waals surface area contributed by atoms with E-state index < -0.39 is 0 Å². The number of aryl methyl sites for hydroxylation is 1. The number of carbonyl (C=O) groups is 1. The summed E-state index contributed by atoms with van der Waals surface area (Å²) in [6.07, 6.45) is 0. The van der Waals surface area contributed by atoms with Gasteiger partial charge in [-0.2, -0.15) is 0 Å². The van der Waals surface area contributed by atoms with Gasteiger partial charge in [-0.25, -0.2) is 0 Å². The molecule has 6 nitrogen and oxygen atoms in total. The van der Waals surface area contributed by atoms with Crippen LogP contribution in [0, 0.1) is 6.92 Å². The average Bonchev–Trinajstić information content (AvgIpc) is 3.24. The molecule has 0 aliphatic carbocycles. The topological polar surface area (TPSA) is 69.0 Å². The highest BCUT2D eigenvalue weighted by molar-refractivity contribution is 9.10. The number of methoxy groups -OCH3 is 1. The molecule has 33 heavy (non-hydrogen) atoms. The number of ether oxygens (including phenoxy) is 1. The number of thioether (sulfide) groups is 1. The number of hydrogen-bond acceptors (Lipinski definition) is 5. The van der Waals surface area contributed by atoms with Gasteiger partial charge >= 0.3 is 0 Å². The van der Waals surface area contributed by atoms with Crippen molar-refractivity contribution >= 4 is 33.6 Å². The van der Waals surface area contributed by atoms with Gasteiger partial charge in [-0.05, 0) is 55.0 Å². The lowest BCUT2D eigenvalue weighted by molar-refractivity contribution is 0.0949. The van der Waals surface area contributed by atoms with Gasteiger partial charge in [0, 0.05) is 21.5 Å². The van der Waals surface area contributed by atoms with Crippen molar-refractivity contribution in [2.75, 3.05) is 7.11 Å². The molecule has 8 heteroatoms. The molecule has 0 aliphatic heterocycles. The second kappa shape index (κ2) is 10.7. The number of halogens is 1. The van der Waals surface area contributed by atoms with Crippen molar-refractivity contribution in [2.24, 2.45) is 0 Å². The van der Waals surface area contributed by atoms with Crippen molar-refractivity contribution in [2.45, 2.75) is 24.4 Å². The molecule has 1 aromatic heterocycles. The van der Waals surface area contributed by atoms with Gasteiger partial charge in [-0.1, -0.05) is 63.6 Å². The molecule has 4 rings (SSSR count). The van der Waals surface area contributed by atoms with E-state index in [4.69, 9.17) is 4.74 Å². The number of carbonyl (C=O) groups excluding carboxylic acids is 1. The summed E-state index contributed by atoms with van der Waals surface area (Å²) in [4.78, 5) is 12.6. The molecule has 0 saturated carbocycles. The van der Waals surface area contributed by atoms with E-state index in [1.807, 2.05) is 54.0 Å². The normalized spacial score (nSPS) is 10.8. The zero-order chi connectivity index (χ0) is 23.2. The summed E-state index contributed by atoms with van der Waals surface area (Å²) >= 11 is 4.99. The van der Waals surface area contributed by atoms with Gasteiger partial charge in [0.05, 0.1) is 13.7 Å². The third-order valence-corrected chi connectivity index (χ3v) is 6.48. The van der Waals surface area contributed by atoms with Gasteiger partial charge in [0.1, 0.15) is 5.75 Å². The van der Waals surface area contributed by atoms with Crippen LogP contribution in [0.4, 0.5) is 0 Å². The number of rotatable bonds is 8. The van der Waals surface area contributed by atoms with Gasteiger partial charge in [-0.3, -0.25) is 9.36 Å². The minimum Gasteiger partial charge on any atom is -0.497 e. The molecular weight excluding hydrogens is 500 g/mol. The summed E-state index contributed by atoms with van der Waals surface area (Å²) in [5, 5.41) is 12.5. The van der Waals surface area contributed by atoms with E-state index in [9.17, 15) is 4.79 Å². The first-order chi connectivity index (χ1) is 16.0. The van der Waals surface area contributed by atoms with Crippen LogP contribution < -0.4 is 10.1 Å². The summed E-state index contributed by atoms with van der Waals surface area (Å²) < 4.78 is 8.18. The second-order valence-corrected chi connectivity index (χ2v) is 9.26. The standard InChI is InChI=1S/C25H23BrN4O2S/c1-17-9-11-21(12-10-17)30-23(15-27-24(31)19-6-4-7-20(26)14-19)28-29-25(30)33-16-18-5-3-8-22(13-18)32-2/h3-14H,15-16H2,1-2H3,(H,27,31). The summed E-state index contributed by atoms with van der Waals surface area (Å²) in [5.41, 5.74) is 3.83. The molecule has 3 aromatic carbocycles. The molecule has 4 aromatic rings. The van der Waals surface area contributed by atoms with Crippen LogP contribution in [0.3, 0.4) is 0 Å². The van der Waals surface area contributed by atoms with Gasteiger partial charge in [0.25, 0.3) is 5.91 Å². The largest absolute Gasteiger partial charge is 0.497 e. The molecule has 0 aliphatic rings. The minimum atomic E-state index is -0.166. The summed E-state index contributed by atoms with van der Waals surface area (Å²) in [5.74, 6) is 2.03. The van der Waals surface area contributed by atoms with E-state index in [1.165, 1.54) is 5.56 Å². The van der Waals surface area contributed by atoms with Crippen LogP contribution in [0.15, 0.2) is 82.4 Å². The molecule has 0 unspecified atom stereocenters. The third kappa shape index (κ3) is 5.83. The van der Waals surface area contributed by atoms with Crippen LogP contribution in [-0.4, -0.2) is 27.8 Å². The van der Waals surface area contributed by atoms with E-state index in [0.29, 0.717) is 17.1 Å². The van der Waals surface area contributed by atoms with Crippen LogP contribution in [0.1, 0.15) is 27.3 Å². The van der Waals surface area contributed by atoms with Crippen molar-refractivity contribution in [1.82, 2.24) is 20.1 Å². The Morgan fingerprint density at radius 3 is 2.61 bits per heavy atom. The quantitative estimate of drug-likeness (QED) is 0.306. The lowest BCUT2D eigenvalue weighted by Crippen LogP contribution is -2.24. The van der Waals surface area contributed by atoms with Gasteiger partial charge in [-0.15, -0.1) is 10.2 Å². The molecule has 0 spiro atoms. The molecule has 0 bridgehead atoms. The lowest BCUT2D eigenvalue weighted by Gasteiger charge is -2.12. The molecule has 1 heterocycles. The van der Waals surface area contributed by atoms with Gasteiger partial charge < -0.3 is 10.1 Å². The molecule has 0 atom stereocenters. The third-order valence-electron chi connectivity index (χ3n) is 4.99. The van der Waals surface area contributed by atoms with Crippen LogP contribution in [-0.2, 0) is 12.3 Å². The predicted octanol–water partition coefficient (Wildman–Crippen LogP) is 5.57. The van der Waals surface area contributed by atoms with Crippen molar-refractivity contribution in [3.63, 3.8) is 0 Å². The van der Waals surface area contributed by atoms with Crippen LogP contribution in [0.5, 0.6) is 5.75 Å². The van der Waals surface area contributed by atoms with E-state index in [1.54, 1.807) is 31.0 Å². The van der Waals surface area contributed by atoms with Crippen molar-refractivity contribution in [3.05, 3.63) is 99.8 Å². The fourth-order valence-electron chi connectivity index (χ4n) is 3.26. The van der Waals surface area contributed by atoms with Crippen LogP contribution in [0.2, 0.25) is 0 Å². The van der Waals surface area contributed by atoms with Crippen molar-refractivity contribution in [3.8, 4) is 11.4 Å². The Labute approximate surface area is 205 Å². The van der Waals surface area contributed by atoms with E-state index in [-0.39, 0.29) is 12.5 Å². The lowest BCUT2D eigenvalue weighted by atomic mass is 10.2. The fourth-order valence-corrected chi connectivity index (χ4v) is 4.58. The van der Waals surface area contributed by atoms with Crippen molar-refractivity contribution in [1.29, 1.82) is 0 Å². The zero-order valence-corrected chi connectivity index (χ0v) is 20.7. The predicted molar refractivity (Wildman–Crippen MR) is 134 cm³/mol. The first-order valence-corrected chi connectivity index (χ1v) is 12.1. The average molecular weight is 523 g/mol. The van der Waals surface area contributed by atoms with Gasteiger partial charge in [0.15, 0.2) is 11.0 Å². The molecular formula is C25H23BrN4O2S. The Bertz CT molecular complexity index is 1260. The van der Waals surface area contributed by atoms with Crippen LogP contribution >= 0.6 is 27.7 Å². The number of nitrogens with one attached hydrogen (secondary N) is 1. The summed E-state index contributed by atoms with van der Waals surface area (Å²) in [7, 11) is 1.66. The molecule has 1 N–H and O–H groups in total. The first kappa shape index (κ1) is 23.1. The fraction of sp³-hybridized carbons (Fsp3) is 0.160. The smallest absolute Gasteiger partial charge is 0.251 e. The molecule has 1 amide bonds. The Balaban J connectivity index is 1.56. The maximum Gasteiger partial charge on any atom is 0.251 e. The Kier molecular flexibility index (Phi) is 7.47. The maximum atomic E-state index is 12.6. The Hall–Kier alpha value is -3.10. The monoisotopic (exact) mass is 522 g/mol. The zero-order valence-electron chi connectivity index (χ0n) is 18.3. The summed E-state index contributed by atoms with van der Waals surface area (Å²) in [6.45, 7) is 2.31. The summed E-state index contributed by atoms with van der Waals surface area (Å²) in [6, 6.07) is 23.4. The number of hydrogen-bond donors (Lipinski definition) is 1. The number of amides is 1. The van der Waals surface area contributed by atoms with E-state index in [2.05, 4.69) is 49.6 Å². The SMILES string of the molecule is COc1cccc(CSc2nnc(CNC(=O)c3cccc(Br)c3)n2-c2ccc(C)cc2)c1. The highest BCUT2D eigenvalue weighted by atomic mass is 79.9. The van der Waals surface area contributed by atoms with Gasteiger partial charge in [0.2, 0.25) is 0 Å². The molecule has 0 saturated heterocycles. The molecule has 168 valence electrons. The Morgan fingerprint density at radius 2 is 1.85 bits per heavy atom. The number of nitrogens with zero attached hydrogens (tertiary/aromatic N) is 3. The highest BCUT2D eigenvalue weighted by Crippen LogP contribution is 2.27. The number of benzene rings is 3. The van der Waals surface area contributed by atoms with Crippen LogP contribution in [0.25, 0.3) is 5.69 Å². The van der Waals surface area contributed by atoms with E-state index in [0.717, 1.165) is 26.6 Å². The maximum absolute atomic E-state index is 12.6.